The molecule has 2 aromatic heterocycles. The summed E-state index contributed by atoms with van der Waals surface area (Å²) in [6.07, 6.45) is 4.45. The number of carbonyl (C=O) groups is 2. The van der Waals surface area contributed by atoms with Crippen molar-refractivity contribution in [2.75, 3.05) is 5.32 Å². The van der Waals surface area contributed by atoms with Crippen LogP contribution in [0, 0.1) is 13.8 Å². The van der Waals surface area contributed by atoms with Crippen LogP contribution in [0.1, 0.15) is 27.0 Å². The lowest BCUT2D eigenvalue weighted by Gasteiger charge is -2.15. The number of aromatic nitrogens is 2. The number of nitrogens with one attached hydrogen (secondary N) is 1. The van der Waals surface area contributed by atoms with E-state index >= 15 is 0 Å². The van der Waals surface area contributed by atoms with Crippen LogP contribution in [-0.4, -0.2) is 21.2 Å². The van der Waals surface area contributed by atoms with Crippen LogP contribution in [0.25, 0.3) is 10.9 Å². The molecule has 0 aliphatic heterocycles. The first-order valence-electron chi connectivity index (χ1n) is 9.98. The zero-order chi connectivity index (χ0) is 22.8. The van der Waals surface area contributed by atoms with E-state index in [1.54, 1.807) is 47.0 Å². The van der Waals surface area contributed by atoms with Gasteiger partial charge in [-0.3, -0.25) is 19.4 Å². The molecule has 32 heavy (non-hydrogen) atoms. The summed E-state index contributed by atoms with van der Waals surface area (Å²) in [6, 6.07) is 13.7. The van der Waals surface area contributed by atoms with Gasteiger partial charge in [-0.25, -0.2) is 0 Å². The van der Waals surface area contributed by atoms with Crippen LogP contribution in [0.3, 0.4) is 0 Å². The Morgan fingerprint density at radius 3 is 2.44 bits per heavy atom. The van der Waals surface area contributed by atoms with Crippen molar-refractivity contribution in [3.8, 4) is 0 Å². The number of hydrogen-bond donors (Lipinski definition) is 1. The fraction of sp³-hybridized carbons (Fsp3) is 0.120. The number of amides is 1. The number of para-hydroxylation sites is 1. The van der Waals surface area contributed by atoms with Gasteiger partial charge in [0.15, 0.2) is 5.78 Å². The van der Waals surface area contributed by atoms with Crippen LogP contribution < -0.4 is 10.7 Å². The number of aryl methyl sites for hydroxylation is 2. The van der Waals surface area contributed by atoms with Crippen LogP contribution >= 0.6 is 11.6 Å². The van der Waals surface area contributed by atoms with E-state index in [9.17, 15) is 14.4 Å². The predicted molar refractivity (Wildman–Crippen MR) is 125 cm³/mol. The lowest BCUT2D eigenvalue weighted by Crippen LogP contribution is -2.24. The molecule has 0 aliphatic carbocycles. The van der Waals surface area contributed by atoms with Gasteiger partial charge in [0.2, 0.25) is 11.3 Å². The molecule has 0 saturated heterocycles. The number of nitrogens with zero attached hydrogens (tertiary/aromatic N) is 2. The van der Waals surface area contributed by atoms with Crippen molar-refractivity contribution in [3.63, 3.8) is 0 Å². The summed E-state index contributed by atoms with van der Waals surface area (Å²) < 4.78 is 1.63. The summed E-state index contributed by atoms with van der Waals surface area (Å²) in [7, 11) is 0. The molecular formula is C25H20ClN3O3. The highest BCUT2D eigenvalue weighted by molar-refractivity contribution is 6.33. The molecule has 2 heterocycles. The largest absolute Gasteiger partial charge is 0.337 e. The maximum Gasteiger partial charge on any atom is 0.244 e. The molecule has 7 heteroatoms. The maximum absolute atomic E-state index is 13.2. The van der Waals surface area contributed by atoms with Gasteiger partial charge in [-0.05, 0) is 61.4 Å². The Bertz CT molecular complexity index is 1410. The van der Waals surface area contributed by atoms with E-state index in [0.717, 1.165) is 11.1 Å². The number of hydrogen-bond acceptors (Lipinski definition) is 4. The second-order valence-electron chi connectivity index (χ2n) is 7.55. The molecule has 0 spiro atoms. The van der Waals surface area contributed by atoms with Gasteiger partial charge in [-0.2, -0.15) is 0 Å². The van der Waals surface area contributed by atoms with Crippen LogP contribution in [0.15, 0.2) is 71.9 Å². The number of fused-ring (bicyclic) bond motifs is 1. The molecule has 160 valence electrons. The van der Waals surface area contributed by atoms with Gasteiger partial charge in [0.25, 0.3) is 0 Å². The molecule has 0 fully saturated rings. The number of rotatable bonds is 5. The molecule has 1 amide bonds. The number of halogens is 1. The molecule has 1 N–H and O–H groups in total. The number of benzene rings is 2. The minimum absolute atomic E-state index is 0.00232. The van der Waals surface area contributed by atoms with Gasteiger partial charge in [0, 0.05) is 29.5 Å². The van der Waals surface area contributed by atoms with E-state index in [1.807, 2.05) is 19.9 Å². The fourth-order valence-electron chi connectivity index (χ4n) is 3.51. The minimum atomic E-state index is -0.419. The third-order valence-corrected chi connectivity index (χ3v) is 5.67. The van der Waals surface area contributed by atoms with Crippen molar-refractivity contribution in [2.24, 2.45) is 0 Å². The van der Waals surface area contributed by atoms with Gasteiger partial charge in [0.1, 0.15) is 6.54 Å². The Balaban J connectivity index is 1.81. The zero-order valence-electron chi connectivity index (χ0n) is 17.6. The molecule has 6 nitrogen and oxygen atoms in total. The first-order chi connectivity index (χ1) is 15.3. The van der Waals surface area contributed by atoms with E-state index in [4.69, 9.17) is 11.6 Å². The van der Waals surface area contributed by atoms with Crippen LogP contribution in [0.5, 0.6) is 0 Å². The first kappa shape index (κ1) is 21.5. The molecule has 0 saturated carbocycles. The third kappa shape index (κ3) is 4.18. The molecule has 4 aromatic rings. The lowest BCUT2D eigenvalue weighted by molar-refractivity contribution is -0.116. The summed E-state index contributed by atoms with van der Waals surface area (Å²) in [5, 5.41) is 3.59. The summed E-state index contributed by atoms with van der Waals surface area (Å²) in [5.74, 6) is -0.749. The van der Waals surface area contributed by atoms with Gasteiger partial charge in [0.05, 0.1) is 21.8 Å². The SMILES string of the molecule is Cc1cc2c(=O)c(C(=O)c3ccncc3)cn(CC(=O)Nc3ccccc3Cl)c2cc1C. The van der Waals surface area contributed by atoms with E-state index in [-0.39, 0.29) is 23.4 Å². The highest BCUT2D eigenvalue weighted by Gasteiger charge is 2.19. The number of pyridine rings is 2. The smallest absolute Gasteiger partial charge is 0.244 e. The summed E-state index contributed by atoms with van der Waals surface area (Å²) >= 11 is 6.15. The highest BCUT2D eigenvalue weighted by atomic mass is 35.5. The molecule has 0 radical (unpaired) electrons. The molecule has 2 aromatic carbocycles. The monoisotopic (exact) mass is 445 g/mol. The fourth-order valence-corrected chi connectivity index (χ4v) is 3.69. The molecular weight excluding hydrogens is 426 g/mol. The normalized spacial score (nSPS) is 10.8. The maximum atomic E-state index is 13.2. The molecule has 0 aliphatic rings. The van der Waals surface area contributed by atoms with Crippen molar-refractivity contribution in [1.29, 1.82) is 0 Å². The van der Waals surface area contributed by atoms with E-state index in [1.165, 1.54) is 18.6 Å². The van der Waals surface area contributed by atoms with Crippen molar-refractivity contribution < 1.29 is 9.59 Å². The van der Waals surface area contributed by atoms with E-state index in [2.05, 4.69) is 10.3 Å². The summed E-state index contributed by atoms with van der Waals surface area (Å²) in [6.45, 7) is 3.74. The topological polar surface area (TPSA) is 81.1 Å². The second kappa shape index (κ2) is 8.77. The average Bonchev–Trinajstić information content (AvgIpc) is 2.79. The van der Waals surface area contributed by atoms with Crippen molar-refractivity contribution in [3.05, 3.63) is 105 Å². The number of carbonyl (C=O) groups excluding carboxylic acids is 2. The quantitative estimate of drug-likeness (QED) is 0.457. The van der Waals surface area contributed by atoms with E-state index in [0.29, 0.717) is 27.2 Å². The summed E-state index contributed by atoms with van der Waals surface area (Å²) in [4.78, 5) is 43.0. The zero-order valence-corrected chi connectivity index (χ0v) is 18.3. The van der Waals surface area contributed by atoms with Gasteiger partial charge < -0.3 is 9.88 Å². The van der Waals surface area contributed by atoms with E-state index < -0.39 is 5.78 Å². The van der Waals surface area contributed by atoms with Gasteiger partial charge >= 0.3 is 0 Å². The molecule has 0 bridgehead atoms. The summed E-state index contributed by atoms with van der Waals surface area (Å²) in [5.41, 5.74) is 2.96. The Morgan fingerprint density at radius 2 is 1.72 bits per heavy atom. The van der Waals surface area contributed by atoms with Gasteiger partial charge in [-0.15, -0.1) is 0 Å². The average molecular weight is 446 g/mol. The molecule has 0 unspecified atom stereocenters. The van der Waals surface area contributed by atoms with Gasteiger partial charge in [-0.1, -0.05) is 23.7 Å². The molecule has 4 rings (SSSR count). The minimum Gasteiger partial charge on any atom is -0.337 e. The number of ketones is 1. The Labute approximate surface area is 189 Å². The standard InChI is InChI=1S/C25H20ClN3O3/c1-15-11-18-22(12-16(15)2)29(14-23(30)28-21-6-4-3-5-20(21)26)13-19(25(18)32)24(31)17-7-9-27-10-8-17/h3-13H,14H2,1-2H3,(H,28,30). The van der Waals surface area contributed by atoms with Crippen LogP contribution in [-0.2, 0) is 11.3 Å². The Morgan fingerprint density at radius 1 is 1.03 bits per heavy atom. The van der Waals surface area contributed by atoms with Crippen LogP contribution in [0.4, 0.5) is 5.69 Å². The number of anilines is 1. The Kier molecular flexibility index (Phi) is 5.88. The van der Waals surface area contributed by atoms with Crippen LogP contribution in [0.2, 0.25) is 5.02 Å². The van der Waals surface area contributed by atoms with Crippen molar-refractivity contribution in [1.82, 2.24) is 9.55 Å². The predicted octanol–water partition coefficient (Wildman–Crippen LogP) is 4.54. The Hall–Kier alpha value is -3.77. The molecule has 0 atom stereocenters. The third-order valence-electron chi connectivity index (χ3n) is 5.34. The van der Waals surface area contributed by atoms with Crippen molar-refractivity contribution in [2.45, 2.75) is 20.4 Å². The van der Waals surface area contributed by atoms with Crippen molar-refractivity contribution >= 4 is 39.9 Å². The first-order valence-corrected chi connectivity index (χ1v) is 10.4. The second-order valence-corrected chi connectivity index (χ2v) is 7.95. The lowest BCUT2D eigenvalue weighted by atomic mass is 10.0. The highest BCUT2D eigenvalue weighted by Crippen LogP contribution is 2.22.